The minimum Gasteiger partial charge on any atom is -0.370 e. The number of benzene rings is 2. The highest BCUT2D eigenvalue weighted by Gasteiger charge is 2.23. The minimum atomic E-state index is 0.307. The number of halogens is 1. The molecule has 22 heavy (non-hydrogen) atoms. The summed E-state index contributed by atoms with van der Waals surface area (Å²) in [7, 11) is 0. The van der Waals surface area contributed by atoms with Crippen LogP contribution in [0.1, 0.15) is 18.0 Å². The standard InChI is InChI=1S/C18H16BrN3/c19-15-8-6-13(7-9-15)16-12-18-20-11-10-17(22(18)21-16)14-4-2-1-3-5-14/h1-9,12,17,20H,10-11H2. The summed E-state index contributed by atoms with van der Waals surface area (Å²) in [6.45, 7) is 0.977. The topological polar surface area (TPSA) is 29.9 Å². The van der Waals surface area contributed by atoms with Crippen molar-refractivity contribution < 1.29 is 0 Å². The van der Waals surface area contributed by atoms with Gasteiger partial charge < -0.3 is 5.32 Å². The van der Waals surface area contributed by atoms with Crippen LogP contribution in [0, 0.1) is 0 Å². The highest BCUT2D eigenvalue weighted by Crippen LogP contribution is 2.32. The van der Waals surface area contributed by atoms with Crippen LogP contribution in [0.4, 0.5) is 5.82 Å². The van der Waals surface area contributed by atoms with Crippen LogP contribution in [0.2, 0.25) is 0 Å². The molecule has 1 unspecified atom stereocenters. The van der Waals surface area contributed by atoms with Crippen LogP contribution < -0.4 is 5.32 Å². The van der Waals surface area contributed by atoms with Crippen molar-refractivity contribution in [3.8, 4) is 11.3 Å². The summed E-state index contributed by atoms with van der Waals surface area (Å²) in [6, 6.07) is 21.3. The van der Waals surface area contributed by atoms with Crippen LogP contribution in [0.3, 0.4) is 0 Å². The third-order valence-electron chi connectivity index (χ3n) is 4.08. The average molecular weight is 354 g/mol. The number of aromatic nitrogens is 2. The largest absolute Gasteiger partial charge is 0.370 e. The molecule has 110 valence electrons. The first kappa shape index (κ1) is 13.6. The van der Waals surface area contributed by atoms with E-state index < -0.39 is 0 Å². The van der Waals surface area contributed by atoms with Crippen LogP contribution in [-0.2, 0) is 0 Å². The number of hydrogen-bond donors (Lipinski definition) is 1. The summed E-state index contributed by atoms with van der Waals surface area (Å²) < 4.78 is 3.21. The van der Waals surface area contributed by atoms with Gasteiger partial charge in [0.2, 0.25) is 0 Å². The van der Waals surface area contributed by atoms with Crippen LogP contribution in [-0.4, -0.2) is 16.3 Å². The van der Waals surface area contributed by atoms with E-state index in [1.807, 2.05) is 0 Å². The maximum absolute atomic E-state index is 4.85. The Labute approximate surface area is 138 Å². The van der Waals surface area contributed by atoms with Gasteiger partial charge in [-0.25, -0.2) is 4.68 Å². The van der Waals surface area contributed by atoms with Crippen LogP contribution >= 0.6 is 15.9 Å². The maximum atomic E-state index is 4.85. The zero-order chi connectivity index (χ0) is 14.9. The molecule has 1 N–H and O–H groups in total. The molecule has 0 bridgehead atoms. The minimum absolute atomic E-state index is 0.307. The van der Waals surface area contributed by atoms with Gasteiger partial charge in [-0.3, -0.25) is 0 Å². The van der Waals surface area contributed by atoms with Gasteiger partial charge in [-0.2, -0.15) is 5.10 Å². The first-order valence-corrected chi connectivity index (χ1v) is 8.25. The summed E-state index contributed by atoms with van der Waals surface area (Å²) in [6.07, 6.45) is 1.05. The molecular weight excluding hydrogens is 338 g/mol. The molecule has 3 aromatic rings. The second-order valence-corrected chi connectivity index (χ2v) is 6.42. The second kappa shape index (κ2) is 5.61. The number of hydrogen-bond acceptors (Lipinski definition) is 2. The van der Waals surface area contributed by atoms with Crippen molar-refractivity contribution in [3.63, 3.8) is 0 Å². The number of fused-ring (bicyclic) bond motifs is 1. The van der Waals surface area contributed by atoms with Gasteiger partial charge >= 0.3 is 0 Å². The fourth-order valence-electron chi connectivity index (χ4n) is 2.97. The lowest BCUT2D eigenvalue weighted by Crippen LogP contribution is -2.24. The van der Waals surface area contributed by atoms with E-state index in [9.17, 15) is 0 Å². The predicted octanol–water partition coefficient (Wildman–Crippen LogP) is 4.72. The highest BCUT2D eigenvalue weighted by atomic mass is 79.9. The first-order valence-electron chi connectivity index (χ1n) is 7.45. The summed E-state index contributed by atoms with van der Waals surface area (Å²) in [5, 5.41) is 8.30. The zero-order valence-corrected chi connectivity index (χ0v) is 13.6. The Morgan fingerprint density at radius 1 is 1.05 bits per heavy atom. The summed E-state index contributed by atoms with van der Waals surface area (Å²) >= 11 is 3.48. The SMILES string of the molecule is Brc1ccc(-c2cc3n(n2)C(c2ccccc2)CCN3)cc1. The van der Waals surface area contributed by atoms with Gasteiger partial charge in [0.1, 0.15) is 5.82 Å². The Morgan fingerprint density at radius 2 is 1.82 bits per heavy atom. The molecule has 1 aromatic heterocycles. The summed E-state index contributed by atoms with van der Waals surface area (Å²) in [5.41, 5.74) is 3.47. The van der Waals surface area contributed by atoms with Gasteiger partial charge in [0, 0.05) is 22.6 Å². The van der Waals surface area contributed by atoms with Gasteiger partial charge in [-0.15, -0.1) is 0 Å². The molecule has 0 saturated heterocycles. The zero-order valence-electron chi connectivity index (χ0n) is 12.0. The normalized spacial score (nSPS) is 16.9. The summed E-state index contributed by atoms with van der Waals surface area (Å²) in [5.74, 6) is 1.10. The van der Waals surface area contributed by atoms with E-state index in [-0.39, 0.29) is 0 Å². The molecule has 4 heteroatoms. The van der Waals surface area contributed by atoms with E-state index in [1.54, 1.807) is 0 Å². The fraction of sp³-hybridized carbons (Fsp3) is 0.167. The molecule has 2 aromatic carbocycles. The fourth-order valence-corrected chi connectivity index (χ4v) is 3.23. The molecule has 0 amide bonds. The van der Waals surface area contributed by atoms with Crippen molar-refractivity contribution >= 4 is 21.7 Å². The molecular formula is C18H16BrN3. The van der Waals surface area contributed by atoms with E-state index in [0.29, 0.717) is 6.04 Å². The van der Waals surface area contributed by atoms with Crippen molar-refractivity contribution in [3.05, 3.63) is 70.7 Å². The van der Waals surface area contributed by atoms with Crippen LogP contribution in [0.15, 0.2) is 65.1 Å². The Hall–Kier alpha value is -2.07. The van der Waals surface area contributed by atoms with Crippen molar-refractivity contribution in [1.82, 2.24) is 9.78 Å². The molecule has 1 atom stereocenters. The Morgan fingerprint density at radius 3 is 2.59 bits per heavy atom. The highest BCUT2D eigenvalue weighted by molar-refractivity contribution is 9.10. The van der Waals surface area contributed by atoms with E-state index >= 15 is 0 Å². The molecule has 2 heterocycles. The third-order valence-corrected chi connectivity index (χ3v) is 4.61. The van der Waals surface area contributed by atoms with Crippen LogP contribution in [0.5, 0.6) is 0 Å². The van der Waals surface area contributed by atoms with Gasteiger partial charge in [-0.1, -0.05) is 58.4 Å². The van der Waals surface area contributed by atoms with Gasteiger partial charge in [-0.05, 0) is 24.1 Å². The number of nitrogens with zero attached hydrogens (tertiary/aromatic N) is 2. The Kier molecular flexibility index (Phi) is 3.47. The molecule has 1 aliphatic heterocycles. The lowest BCUT2D eigenvalue weighted by Gasteiger charge is -2.25. The molecule has 1 aliphatic rings. The Balaban J connectivity index is 1.75. The molecule has 0 fully saturated rings. The number of nitrogens with one attached hydrogen (secondary N) is 1. The number of anilines is 1. The van der Waals surface area contributed by atoms with Crippen molar-refractivity contribution in [2.24, 2.45) is 0 Å². The molecule has 0 radical (unpaired) electrons. The molecule has 3 nitrogen and oxygen atoms in total. The first-order chi connectivity index (χ1) is 10.8. The molecule has 0 aliphatic carbocycles. The second-order valence-electron chi connectivity index (χ2n) is 5.51. The van der Waals surface area contributed by atoms with E-state index in [4.69, 9.17) is 5.10 Å². The predicted molar refractivity (Wildman–Crippen MR) is 93.1 cm³/mol. The van der Waals surface area contributed by atoms with Gasteiger partial charge in [0.25, 0.3) is 0 Å². The molecule has 4 rings (SSSR count). The monoisotopic (exact) mass is 353 g/mol. The van der Waals surface area contributed by atoms with Crippen molar-refractivity contribution in [1.29, 1.82) is 0 Å². The van der Waals surface area contributed by atoms with Gasteiger partial charge in [0.05, 0.1) is 11.7 Å². The third kappa shape index (κ3) is 2.44. The van der Waals surface area contributed by atoms with Crippen molar-refractivity contribution in [2.75, 3.05) is 11.9 Å². The van der Waals surface area contributed by atoms with E-state index in [2.05, 4.69) is 86.6 Å². The summed E-state index contributed by atoms with van der Waals surface area (Å²) in [4.78, 5) is 0. The quantitative estimate of drug-likeness (QED) is 0.722. The Bertz CT molecular complexity index is 778. The van der Waals surface area contributed by atoms with E-state index in [0.717, 1.165) is 34.5 Å². The average Bonchev–Trinajstić information content (AvgIpc) is 3.00. The lowest BCUT2D eigenvalue weighted by atomic mass is 10.0. The van der Waals surface area contributed by atoms with Crippen LogP contribution in [0.25, 0.3) is 11.3 Å². The lowest BCUT2D eigenvalue weighted by molar-refractivity contribution is 0.483. The molecule has 0 spiro atoms. The maximum Gasteiger partial charge on any atom is 0.125 e. The molecule has 0 saturated carbocycles. The van der Waals surface area contributed by atoms with Crippen molar-refractivity contribution in [2.45, 2.75) is 12.5 Å². The smallest absolute Gasteiger partial charge is 0.125 e. The van der Waals surface area contributed by atoms with E-state index in [1.165, 1.54) is 5.56 Å². The number of rotatable bonds is 2. The van der Waals surface area contributed by atoms with Gasteiger partial charge in [0.15, 0.2) is 0 Å².